The second-order valence-electron chi connectivity index (χ2n) is 28.9. The molecule has 0 aromatic carbocycles. The third-order valence-electron chi connectivity index (χ3n) is 19.9. The van der Waals surface area contributed by atoms with E-state index in [1.54, 1.807) is 0 Å². The zero-order valence-corrected chi connectivity index (χ0v) is 66.4. The van der Waals surface area contributed by atoms with Crippen molar-refractivity contribution < 1.29 is 86.8 Å². The van der Waals surface area contributed by atoms with Crippen LogP contribution in [0.2, 0.25) is 0 Å². The maximum Gasteiger partial charge on any atom is 0.246 e. The second kappa shape index (κ2) is 54.5. The molecule has 0 radical (unpaired) electrons. The van der Waals surface area contributed by atoms with E-state index in [1.807, 2.05) is 6.92 Å². The third-order valence-corrected chi connectivity index (χ3v) is 19.9. The SMILES string of the molecule is CCONCCCOCCOCCOCCCNC(=O)CNC(=O)[C@H](CCCCNC(=O)C(CCCNC(=N)N)NC(=O)[C@@H]1CCCN1C(=O)[C@@H]1CCCN1C(=O)[C@H](CCCCN)NC(=O)[C@@H](N)[C@@H](C)O)NC(=O)[C@H](CCCNC(=N)N)NC(=O)C1CCCN1C(=O)[C@@H]1CCCN1C(=O)[C@@H](CCCCN)NC(=O)[C@@H](N)[C@@H](C)O. The van der Waals surface area contributed by atoms with Crippen LogP contribution in [0.15, 0.2) is 0 Å². The number of rotatable bonds is 57. The van der Waals surface area contributed by atoms with Gasteiger partial charge in [-0.25, -0.2) is 5.48 Å². The number of nitrogens with zero attached hydrogens (tertiary/aromatic N) is 4. The van der Waals surface area contributed by atoms with Crippen molar-refractivity contribution in [3.8, 4) is 0 Å². The van der Waals surface area contributed by atoms with Gasteiger partial charge in [-0.2, -0.15) is 0 Å². The predicted molar refractivity (Wildman–Crippen MR) is 416 cm³/mol. The van der Waals surface area contributed by atoms with E-state index in [2.05, 4.69) is 58.6 Å². The molecule has 41 heteroatoms. The number of carbonyl (C=O) groups is 12. The number of nitrogens with two attached hydrogens (primary N) is 6. The summed E-state index contributed by atoms with van der Waals surface area (Å²) in [4.78, 5) is 180. The number of unbranched alkanes of at least 4 members (excludes halogenated alkanes) is 3. The molecule has 0 bridgehead atoms. The van der Waals surface area contributed by atoms with E-state index < -0.39 is 156 Å². The van der Waals surface area contributed by atoms with Crippen LogP contribution in [0.5, 0.6) is 0 Å². The highest BCUT2D eigenvalue weighted by molar-refractivity contribution is 5.99. The molecule has 13 atom stereocenters. The normalized spacial score (nSPS) is 19.1. The van der Waals surface area contributed by atoms with Crippen LogP contribution in [0, 0.1) is 10.8 Å². The fourth-order valence-corrected chi connectivity index (χ4v) is 13.6. The van der Waals surface area contributed by atoms with Crippen molar-refractivity contribution in [2.45, 2.75) is 247 Å². The molecular weight excluding hydrogens is 1470 g/mol. The van der Waals surface area contributed by atoms with Gasteiger partial charge in [-0.15, -0.1) is 0 Å². The number of carbonyl (C=O) groups excluding carboxylic acids is 12. The lowest BCUT2D eigenvalue weighted by Crippen LogP contribution is -2.59. The summed E-state index contributed by atoms with van der Waals surface area (Å²) in [6, 6.07) is -12.8. The molecule has 0 aromatic heterocycles. The third kappa shape index (κ3) is 35.2. The largest absolute Gasteiger partial charge is 0.391 e. The highest BCUT2D eigenvalue weighted by Crippen LogP contribution is 2.29. The molecular formula is C72H133N23O18. The van der Waals surface area contributed by atoms with Crippen molar-refractivity contribution in [3.63, 3.8) is 0 Å². The van der Waals surface area contributed by atoms with Crippen molar-refractivity contribution in [2.75, 3.05) is 125 Å². The Kier molecular flexibility index (Phi) is 46.8. The molecule has 4 heterocycles. The van der Waals surface area contributed by atoms with Crippen LogP contribution >= 0.6 is 0 Å². The number of amides is 12. The van der Waals surface area contributed by atoms with Crippen LogP contribution in [0.3, 0.4) is 0 Å². The van der Waals surface area contributed by atoms with Gasteiger partial charge in [0.25, 0.3) is 0 Å². The van der Waals surface area contributed by atoms with Crippen molar-refractivity contribution in [1.82, 2.24) is 78.2 Å². The Morgan fingerprint density at radius 1 is 0.416 bits per heavy atom. The minimum atomic E-state index is -1.36. The Labute approximate surface area is 662 Å². The Morgan fingerprint density at radius 3 is 1.22 bits per heavy atom. The zero-order chi connectivity index (χ0) is 83.2. The number of nitrogens with one attached hydrogen (secondary N) is 13. The number of hydroxylamine groups is 1. The van der Waals surface area contributed by atoms with E-state index >= 15 is 0 Å². The number of aliphatic hydroxyl groups excluding tert-OH is 2. The average Bonchev–Trinajstić information content (AvgIpc) is 1.67. The Balaban J connectivity index is 1.50. The van der Waals surface area contributed by atoms with Crippen molar-refractivity contribution in [1.29, 1.82) is 10.8 Å². The van der Waals surface area contributed by atoms with Crippen molar-refractivity contribution in [3.05, 3.63) is 0 Å². The van der Waals surface area contributed by atoms with Gasteiger partial charge in [0.05, 0.1) is 51.8 Å². The minimum Gasteiger partial charge on any atom is -0.391 e. The molecule has 4 fully saturated rings. The molecule has 0 spiro atoms. The number of ether oxygens (including phenoxy) is 3. The van der Waals surface area contributed by atoms with Crippen molar-refractivity contribution >= 4 is 82.8 Å². The van der Waals surface area contributed by atoms with Gasteiger partial charge in [0, 0.05) is 72.1 Å². The molecule has 12 amide bonds. The van der Waals surface area contributed by atoms with Gasteiger partial charge in [0.1, 0.15) is 66.5 Å². The van der Waals surface area contributed by atoms with E-state index in [1.165, 1.54) is 33.4 Å². The van der Waals surface area contributed by atoms with E-state index in [0.29, 0.717) is 124 Å². The summed E-state index contributed by atoms with van der Waals surface area (Å²) in [5.74, 6) is -8.31. The molecule has 0 saturated carbocycles. The van der Waals surface area contributed by atoms with E-state index in [4.69, 9.17) is 64.3 Å². The van der Waals surface area contributed by atoms with Gasteiger partial charge in [-0.05, 0) is 182 Å². The molecule has 4 aliphatic heterocycles. The first kappa shape index (κ1) is 97.1. The summed E-state index contributed by atoms with van der Waals surface area (Å²) in [7, 11) is 0. The summed E-state index contributed by atoms with van der Waals surface area (Å²) in [6.45, 7) is 9.37. The monoisotopic (exact) mass is 1610 g/mol. The lowest BCUT2D eigenvalue weighted by molar-refractivity contribution is -0.148. The van der Waals surface area contributed by atoms with Crippen LogP contribution in [-0.4, -0.2) is 316 Å². The Morgan fingerprint density at radius 2 is 0.779 bits per heavy atom. The number of hydrogen-bond acceptors (Lipinski definition) is 25. The lowest BCUT2D eigenvalue weighted by Gasteiger charge is -2.33. The van der Waals surface area contributed by atoms with Gasteiger partial charge < -0.3 is 136 Å². The Hall–Kier alpha value is -8.26. The molecule has 0 aromatic rings. The van der Waals surface area contributed by atoms with Crippen LogP contribution in [-0.2, 0) is 76.6 Å². The number of guanidine groups is 2. The quantitative estimate of drug-likeness (QED) is 0.0117. The first-order chi connectivity index (χ1) is 54.2. The van der Waals surface area contributed by atoms with Gasteiger partial charge in [0.15, 0.2) is 11.9 Å². The molecule has 113 heavy (non-hydrogen) atoms. The number of hydrogen-bond donors (Lipinski definition) is 21. The molecule has 4 saturated heterocycles. The number of likely N-dealkylation sites (tertiary alicyclic amines) is 4. The van der Waals surface area contributed by atoms with Gasteiger partial charge in [0.2, 0.25) is 70.9 Å². The van der Waals surface area contributed by atoms with E-state index in [9.17, 15) is 67.7 Å². The van der Waals surface area contributed by atoms with Crippen LogP contribution in [0.4, 0.5) is 0 Å². The zero-order valence-electron chi connectivity index (χ0n) is 66.4. The van der Waals surface area contributed by atoms with Gasteiger partial charge in [-0.1, -0.05) is 0 Å². The highest BCUT2D eigenvalue weighted by atomic mass is 16.6. The van der Waals surface area contributed by atoms with Crippen molar-refractivity contribution in [2.24, 2.45) is 34.4 Å². The Bertz CT molecular complexity index is 3000. The fraction of sp³-hybridized carbons (Fsp3) is 0.806. The molecule has 644 valence electrons. The topological polar surface area (TPSA) is 631 Å². The molecule has 2 unspecified atom stereocenters. The molecule has 4 aliphatic rings. The summed E-state index contributed by atoms with van der Waals surface area (Å²) in [5, 5.41) is 62.6. The molecule has 41 nitrogen and oxygen atoms in total. The second-order valence-corrected chi connectivity index (χ2v) is 28.9. The predicted octanol–water partition coefficient (Wildman–Crippen LogP) is -6.53. The first-order valence-corrected chi connectivity index (χ1v) is 40.2. The van der Waals surface area contributed by atoms with Crippen LogP contribution in [0.1, 0.15) is 168 Å². The maximum absolute atomic E-state index is 14.7. The van der Waals surface area contributed by atoms with E-state index in [-0.39, 0.29) is 148 Å². The van der Waals surface area contributed by atoms with E-state index in [0.717, 1.165) is 6.42 Å². The molecule has 0 aliphatic carbocycles. The van der Waals surface area contributed by atoms with Gasteiger partial charge in [-0.3, -0.25) is 68.4 Å². The number of aliphatic hydroxyl groups is 2. The smallest absolute Gasteiger partial charge is 0.246 e. The highest BCUT2D eigenvalue weighted by Gasteiger charge is 2.47. The van der Waals surface area contributed by atoms with Crippen LogP contribution in [0.25, 0.3) is 0 Å². The van der Waals surface area contributed by atoms with Gasteiger partial charge >= 0.3 is 0 Å². The summed E-state index contributed by atoms with van der Waals surface area (Å²) < 4.78 is 16.7. The summed E-state index contributed by atoms with van der Waals surface area (Å²) >= 11 is 0. The molecule has 27 N–H and O–H groups in total. The lowest BCUT2D eigenvalue weighted by atomic mass is 10.0. The summed E-state index contributed by atoms with van der Waals surface area (Å²) in [6.07, 6.45) is 4.48. The average molecular weight is 1610 g/mol. The van der Waals surface area contributed by atoms with Crippen LogP contribution < -0.4 is 93.0 Å². The first-order valence-electron chi connectivity index (χ1n) is 40.2. The summed E-state index contributed by atoms with van der Waals surface area (Å²) in [5.41, 5.74) is 37.3. The fourth-order valence-electron chi connectivity index (χ4n) is 13.6. The maximum atomic E-state index is 14.7. The molecule has 4 rings (SSSR count). The minimum absolute atomic E-state index is 0.0182. The standard InChI is InChI=1S/C72H133N23O18/c1-4-113-86-34-18-40-111-42-44-112-43-41-110-39-17-33-81-57(98)45-85-61(100)48(87-62(101)50(23-12-32-84-72(79)80)89-64(103)54-25-14-36-93(54)70(109)56-27-16-38-95(56)68(107)52(21-6-9-29-74)91-66(105)59(76)47(3)97)19-7-10-30-82-60(99)49(22-11-31-83-71(77)78)88-63(102)53-24-13-35-92(53)69(108)55-26-15-37-94(55)67(106)51(20-5-8-28-73)90-65(104)58(75)46(2)96/h46-56,58-59,86,96-97H,4-45,73-76H2,1-3H3,(H,81,98)(H,82,99)(H,85,100)(H,87,101)(H,88,102)(H,89,103)(H,90,104)(H,91,105)(H4,77,78,83)(H4,79,80,84)/t46-,47-,48+,49?,50+,51+,52-,53+,54?,55+,56+,58+,59+/m1/s1.